The normalized spacial score (nSPS) is 9.12. The summed E-state index contributed by atoms with van der Waals surface area (Å²) in [5, 5.41) is 8.44. The van der Waals surface area contributed by atoms with E-state index in [4.69, 9.17) is 11.5 Å². The van der Waals surface area contributed by atoms with E-state index in [0.29, 0.717) is 6.42 Å². The number of hydrogen-bond acceptors (Lipinski definition) is 1. The SMILES string of the molecule is C#CCCCCC#CCCCCCCC(=O)O. The van der Waals surface area contributed by atoms with Gasteiger partial charge in [0.2, 0.25) is 0 Å². The first-order valence-corrected chi connectivity index (χ1v) is 6.38. The Morgan fingerprint density at radius 1 is 0.882 bits per heavy atom. The third-order valence-corrected chi connectivity index (χ3v) is 2.44. The average Bonchev–Trinajstić information content (AvgIpc) is 2.30. The average molecular weight is 234 g/mol. The molecule has 0 radical (unpaired) electrons. The fourth-order valence-electron chi connectivity index (χ4n) is 1.46. The van der Waals surface area contributed by atoms with Crippen molar-refractivity contribution in [1.29, 1.82) is 0 Å². The summed E-state index contributed by atoms with van der Waals surface area (Å²) in [6.45, 7) is 0. The van der Waals surface area contributed by atoms with Crippen LogP contribution in [0.15, 0.2) is 0 Å². The molecule has 0 aliphatic carbocycles. The van der Waals surface area contributed by atoms with Crippen molar-refractivity contribution in [2.45, 2.75) is 64.2 Å². The molecule has 0 aliphatic rings. The van der Waals surface area contributed by atoms with Gasteiger partial charge in [0.15, 0.2) is 0 Å². The number of hydrogen-bond donors (Lipinski definition) is 1. The van der Waals surface area contributed by atoms with E-state index in [9.17, 15) is 4.79 Å². The summed E-state index contributed by atoms with van der Waals surface area (Å²) in [5.74, 6) is 8.20. The highest BCUT2D eigenvalue weighted by Crippen LogP contribution is 2.05. The van der Waals surface area contributed by atoms with E-state index in [0.717, 1.165) is 57.8 Å². The maximum Gasteiger partial charge on any atom is 0.303 e. The number of unbranched alkanes of at least 4 members (excludes halogenated alkanes) is 7. The lowest BCUT2D eigenvalue weighted by Crippen LogP contribution is -1.93. The largest absolute Gasteiger partial charge is 0.481 e. The fourth-order valence-corrected chi connectivity index (χ4v) is 1.46. The minimum atomic E-state index is -0.697. The minimum Gasteiger partial charge on any atom is -0.481 e. The van der Waals surface area contributed by atoms with Crippen molar-refractivity contribution < 1.29 is 9.90 Å². The minimum absolute atomic E-state index is 0.293. The Morgan fingerprint density at radius 3 is 2.00 bits per heavy atom. The van der Waals surface area contributed by atoms with Gasteiger partial charge in [0.05, 0.1) is 0 Å². The third-order valence-electron chi connectivity index (χ3n) is 2.44. The molecule has 0 amide bonds. The van der Waals surface area contributed by atoms with Gasteiger partial charge in [0, 0.05) is 25.7 Å². The van der Waals surface area contributed by atoms with Gasteiger partial charge < -0.3 is 5.11 Å². The van der Waals surface area contributed by atoms with Crippen LogP contribution in [0, 0.1) is 24.2 Å². The molecule has 2 heteroatoms. The number of carbonyl (C=O) groups is 1. The van der Waals surface area contributed by atoms with Crippen molar-refractivity contribution in [3.63, 3.8) is 0 Å². The van der Waals surface area contributed by atoms with E-state index < -0.39 is 5.97 Å². The monoisotopic (exact) mass is 234 g/mol. The molecular weight excluding hydrogens is 212 g/mol. The fraction of sp³-hybridized carbons (Fsp3) is 0.667. The molecule has 0 spiro atoms. The predicted molar refractivity (Wildman–Crippen MR) is 70.4 cm³/mol. The van der Waals surface area contributed by atoms with Gasteiger partial charge in [-0.1, -0.05) is 12.8 Å². The summed E-state index contributed by atoms with van der Waals surface area (Å²) in [7, 11) is 0. The second-order valence-corrected chi connectivity index (χ2v) is 4.07. The maximum atomic E-state index is 10.2. The van der Waals surface area contributed by atoms with E-state index in [-0.39, 0.29) is 0 Å². The molecule has 17 heavy (non-hydrogen) atoms. The Balaban J connectivity index is 3.14. The molecule has 0 unspecified atom stereocenters. The second kappa shape index (κ2) is 12.7. The van der Waals surface area contributed by atoms with Gasteiger partial charge in [0.25, 0.3) is 0 Å². The zero-order valence-corrected chi connectivity index (χ0v) is 10.5. The van der Waals surface area contributed by atoms with Crippen LogP contribution in [0.5, 0.6) is 0 Å². The van der Waals surface area contributed by atoms with Crippen LogP contribution < -0.4 is 0 Å². The third kappa shape index (κ3) is 14.6. The van der Waals surface area contributed by atoms with Crippen molar-refractivity contribution in [3.8, 4) is 24.2 Å². The molecule has 0 saturated carbocycles. The second-order valence-electron chi connectivity index (χ2n) is 4.07. The molecule has 0 heterocycles. The first-order chi connectivity index (χ1) is 8.27. The van der Waals surface area contributed by atoms with E-state index in [1.54, 1.807) is 0 Å². The van der Waals surface area contributed by atoms with Crippen LogP contribution >= 0.6 is 0 Å². The zero-order chi connectivity index (χ0) is 12.8. The van der Waals surface area contributed by atoms with Crippen LogP contribution in [-0.4, -0.2) is 11.1 Å². The standard InChI is InChI=1S/C15H22O2/c1-2-3-4-5-6-7-8-9-10-11-12-13-14-15(16)17/h1H,3-6,9-14H2,(H,16,17). The first-order valence-electron chi connectivity index (χ1n) is 6.38. The molecular formula is C15H22O2. The molecule has 0 aromatic carbocycles. The van der Waals surface area contributed by atoms with Crippen molar-refractivity contribution in [2.24, 2.45) is 0 Å². The van der Waals surface area contributed by atoms with Crippen LogP contribution in [0.25, 0.3) is 0 Å². The van der Waals surface area contributed by atoms with Gasteiger partial charge in [-0.3, -0.25) is 4.79 Å². The lowest BCUT2D eigenvalue weighted by atomic mass is 10.1. The molecule has 0 aromatic heterocycles. The van der Waals surface area contributed by atoms with Gasteiger partial charge in [0.1, 0.15) is 0 Å². The van der Waals surface area contributed by atoms with Crippen LogP contribution in [0.3, 0.4) is 0 Å². The van der Waals surface area contributed by atoms with Crippen LogP contribution in [0.4, 0.5) is 0 Å². The summed E-state index contributed by atoms with van der Waals surface area (Å²) < 4.78 is 0. The smallest absolute Gasteiger partial charge is 0.303 e. The Morgan fingerprint density at radius 2 is 1.41 bits per heavy atom. The Labute approximate surface area is 105 Å². The van der Waals surface area contributed by atoms with Crippen molar-refractivity contribution in [3.05, 3.63) is 0 Å². The topological polar surface area (TPSA) is 37.3 Å². The predicted octanol–water partition coefficient (Wildman–Crippen LogP) is 3.61. The highest BCUT2D eigenvalue weighted by molar-refractivity contribution is 5.66. The van der Waals surface area contributed by atoms with Gasteiger partial charge in [-0.2, -0.15) is 0 Å². The summed E-state index contributed by atoms with van der Waals surface area (Å²) in [6.07, 6.45) is 14.3. The van der Waals surface area contributed by atoms with E-state index in [2.05, 4.69) is 17.8 Å². The van der Waals surface area contributed by atoms with E-state index in [1.807, 2.05) is 0 Å². The quantitative estimate of drug-likeness (QED) is 0.489. The van der Waals surface area contributed by atoms with Crippen LogP contribution in [0.2, 0.25) is 0 Å². The molecule has 2 nitrogen and oxygen atoms in total. The maximum absolute atomic E-state index is 10.2. The Bertz CT molecular complexity index is 288. The molecule has 0 aromatic rings. The molecule has 0 fully saturated rings. The molecule has 94 valence electrons. The number of carboxylic acids is 1. The number of rotatable bonds is 9. The Hall–Kier alpha value is -1.41. The van der Waals surface area contributed by atoms with E-state index >= 15 is 0 Å². The van der Waals surface area contributed by atoms with Gasteiger partial charge in [-0.25, -0.2) is 0 Å². The van der Waals surface area contributed by atoms with Crippen molar-refractivity contribution >= 4 is 5.97 Å². The summed E-state index contributed by atoms with van der Waals surface area (Å²) in [4.78, 5) is 10.2. The van der Waals surface area contributed by atoms with Gasteiger partial charge in [-0.15, -0.1) is 24.2 Å². The number of terminal acetylenes is 1. The molecule has 0 atom stereocenters. The molecule has 0 aliphatic heterocycles. The zero-order valence-electron chi connectivity index (χ0n) is 10.5. The van der Waals surface area contributed by atoms with Crippen molar-refractivity contribution in [2.75, 3.05) is 0 Å². The molecule has 0 rings (SSSR count). The van der Waals surface area contributed by atoms with Crippen LogP contribution in [0.1, 0.15) is 64.2 Å². The number of aliphatic carboxylic acids is 1. The van der Waals surface area contributed by atoms with Crippen molar-refractivity contribution in [1.82, 2.24) is 0 Å². The summed E-state index contributed by atoms with van der Waals surface area (Å²) >= 11 is 0. The number of carboxylic acid groups (broad SMARTS) is 1. The van der Waals surface area contributed by atoms with Gasteiger partial charge in [-0.05, 0) is 25.7 Å². The highest BCUT2D eigenvalue weighted by Gasteiger charge is 1.95. The van der Waals surface area contributed by atoms with Crippen LogP contribution in [-0.2, 0) is 4.79 Å². The molecule has 0 saturated heterocycles. The summed E-state index contributed by atoms with van der Waals surface area (Å²) in [5.41, 5.74) is 0. The highest BCUT2D eigenvalue weighted by atomic mass is 16.4. The molecule has 1 N–H and O–H groups in total. The van der Waals surface area contributed by atoms with E-state index in [1.165, 1.54) is 0 Å². The van der Waals surface area contributed by atoms with Gasteiger partial charge >= 0.3 is 5.97 Å². The molecule has 0 bridgehead atoms. The first kappa shape index (κ1) is 15.6. The Kier molecular flexibility index (Phi) is 11.6. The lowest BCUT2D eigenvalue weighted by molar-refractivity contribution is -0.137. The summed E-state index contributed by atoms with van der Waals surface area (Å²) in [6, 6.07) is 0. The lowest BCUT2D eigenvalue weighted by Gasteiger charge is -1.95.